The van der Waals surface area contributed by atoms with E-state index < -0.39 is 5.54 Å². The van der Waals surface area contributed by atoms with Crippen LogP contribution in [0.1, 0.15) is 66.2 Å². The van der Waals surface area contributed by atoms with Gasteiger partial charge in [0.2, 0.25) is 11.8 Å². The van der Waals surface area contributed by atoms with Crippen LogP contribution in [0.2, 0.25) is 0 Å². The highest BCUT2D eigenvalue weighted by Crippen LogP contribution is 2.38. The topological polar surface area (TPSA) is 49.4 Å². The molecule has 0 bridgehead atoms. The van der Waals surface area contributed by atoms with E-state index in [1.54, 1.807) is 0 Å². The molecule has 2 atom stereocenters. The van der Waals surface area contributed by atoms with Gasteiger partial charge in [-0.1, -0.05) is 33.1 Å². The Bertz CT molecular complexity index is 402. The van der Waals surface area contributed by atoms with Crippen molar-refractivity contribution in [3.8, 4) is 0 Å². The molecule has 1 aliphatic carbocycles. The number of piperazine rings is 1. The molecular weight excluding hydrogens is 264 g/mol. The average Bonchev–Trinajstić information content (AvgIpc) is 3.23. The third-order valence-corrected chi connectivity index (χ3v) is 4.90. The third-order valence-electron chi connectivity index (χ3n) is 4.90. The van der Waals surface area contributed by atoms with Crippen molar-refractivity contribution in [2.45, 2.75) is 77.8 Å². The standard InChI is InChI=1S/C17H30N2O2/c1-5-7-8-12(6-2)11-19-14(13-9-10-13)15(20)18-17(3,4)16(19)21/h12-14H,5-11H2,1-4H3,(H,18,20). The molecule has 2 unspecified atom stereocenters. The molecule has 1 N–H and O–H groups in total. The van der Waals surface area contributed by atoms with Gasteiger partial charge in [0.15, 0.2) is 0 Å². The molecule has 2 aliphatic rings. The van der Waals surface area contributed by atoms with Gasteiger partial charge in [0, 0.05) is 6.54 Å². The molecule has 0 aromatic carbocycles. The fourth-order valence-electron chi connectivity index (χ4n) is 3.33. The first kappa shape index (κ1) is 16.3. The molecule has 1 aliphatic heterocycles. The van der Waals surface area contributed by atoms with Crippen molar-refractivity contribution in [1.82, 2.24) is 10.2 Å². The van der Waals surface area contributed by atoms with Crippen molar-refractivity contribution in [2.75, 3.05) is 6.54 Å². The fraction of sp³-hybridized carbons (Fsp3) is 0.882. The number of hydrogen-bond acceptors (Lipinski definition) is 2. The lowest BCUT2D eigenvalue weighted by atomic mass is 9.91. The summed E-state index contributed by atoms with van der Waals surface area (Å²) in [5.74, 6) is 1.03. The third kappa shape index (κ3) is 3.58. The Morgan fingerprint density at radius 2 is 1.95 bits per heavy atom. The molecule has 2 rings (SSSR count). The van der Waals surface area contributed by atoms with Crippen LogP contribution < -0.4 is 5.32 Å². The number of nitrogens with zero attached hydrogens (tertiary/aromatic N) is 1. The van der Waals surface area contributed by atoms with Crippen molar-refractivity contribution >= 4 is 11.8 Å². The number of carbonyl (C=O) groups excluding carboxylic acids is 2. The maximum Gasteiger partial charge on any atom is 0.248 e. The Kier molecular flexibility index (Phi) is 4.95. The molecule has 1 saturated carbocycles. The van der Waals surface area contributed by atoms with Crippen molar-refractivity contribution < 1.29 is 9.59 Å². The van der Waals surface area contributed by atoms with Gasteiger partial charge in [-0.3, -0.25) is 9.59 Å². The summed E-state index contributed by atoms with van der Waals surface area (Å²) < 4.78 is 0. The lowest BCUT2D eigenvalue weighted by molar-refractivity contribution is -0.155. The highest BCUT2D eigenvalue weighted by molar-refractivity contribution is 5.99. The van der Waals surface area contributed by atoms with Crippen LogP contribution in [0.3, 0.4) is 0 Å². The van der Waals surface area contributed by atoms with Gasteiger partial charge < -0.3 is 10.2 Å². The molecule has 4 heteroatoms. The summed E-state index contributed by atoms with van der Waals surface area (Å²) in [7, 11) is 0. The first-order valence-electron chi connectivity index (χ1n) is 8.53. The predicted molar refractivity (Wildman–Crippen MR) is 83.8 cm³/mol. The Balaban J connectivity index is 2.13. The van der Waals surface area contributed by atoms with Crippen LogP contribution in [0.15, 0.2) is 0 Å². The van der Waals surface area contributed by atoms with Gasteiger partial charge >= 0.3 is 0 Å². The Morgan fingerprint density at radius 1 is 1.29 bits per heavy atom. The van der Waals surface area contributed by atoms with Crippen LogP contribution in [0.5, 0.6) is 0 Å². The average molecular weight is 294 g/mol. The summed E-state index contributed by atoms with van der Waals surface area (Å²) >= 11 is 0. The van der Waals surface area contributed by atoms with E-state index in [0.717, 1.165) is 32.2 Å². The maximum absolute atomic E-state index is 12.8. The Hall–Kier alpha value is -1.06. The number of hydrogen-bond donors (Lipinski definition) is 1. The smallest absolute Gasteiger partial charge is 0.248 e. The summed E-state index contributed by atoms with van der Waals surface area (Å²) in [6.07, 6.45) is 6.76. The van der Waals surface area contributed by atoms with Gasteiger partial charge in [-0.25, -0.2) is 0 Å². The van der Waals surface area contributed by atoms with E-state index in [0.29, 0.717) is 11.8 Å². The Morgan fingerprint density at radius 3 is 2.48 bits per heavy atom. The number of rotatable bonds is 7. The van der Waals surface area contributed by atoms with Crippen molar-refractivity contribution in [3.63, 3.8) is 0 Å². The van der Waals surface area contributed by atoms with Crippen LogP contribution in [-0.4, -0.2) is 34.8 Å². The zero-order valence-electron chi connectivity index (χ0n) is 13.9. The minimum Gasteiger partial charge on any atom is -0.340 e. The molecule has 2 fully saturated rings. The summed E-state index contributed by atoms with van der Waals surface area (Å²) in [6.45, 7) is 8.76. The van der Waals surface area contributed by atoms with Gasteiger partial charge in [-0.2, -0.15) is 0 Å². The zero-order valence-corrected chi connectivity index (χ0v) is 13.9. The van der Waals surface area contributed by atoms with E-state index in [1.165, 1.54) is 12.8 Å². The monoisotopic (exact) mass is 294 g/mol. The van der Waals surface area contributed by atoms with Gasteiger partial charge in [-0.15, -0.1) is 0 Å². The number of nitrogens with one attached hydrogen (secondary N) is 1. The van der Waals surface area contributed by atoms with Crippen LogP contribution in [0.4, 0.5) is 0 Å². The SMILES string of the molecule is CCCCC(CC)CN1C(=O)C(C)(C)NC(=O)C1C1CC1. The summed E-state index contributed by atoms with van der Waals surface area (Å²) in [5.41, 5.74) is -0.758. The minimum absolute atomic E-state index is 0.0486. The second kappa shape index (κ2) is 6.37. The van der Waals surface area contributed by atoms with E-state index in [9.17, 15) is 9.59 Å². The van der Waals surface area contributed by atoms with E-state index in [2.05, 4.69) is 19.2 Å². The lowest BCUT2D eigenvalue weighted by Gasteiger charge is -2.44. The highest BCUT2D eigenvalue weighted by atomic mass is 16.2. The van der Waals surface area contributed by atoms with Crippen LogP contribution >= 0.6 is 0 Å². The van der Waals surface area contributed by atoms with E-state index in [-0.39, 0.29) is 17.9 Å². The largest absolute Gasteiger partial charge is 0.340 e. The van der Waals surface area contributed by atoms with E-state index in [4.69, 9.17) is 0 Å². The van der Waals surface area contributed by atoms with Gasteiger partial charge in [0.1, 0.15) is 11.6 Å². The summed E-state index contributed by atoms with van der Waals surface area (Å²) in [6, 6.07) is -0.221. The minimum atomic E-state index is -0.758. The van der Waals surface area contributed by atoms with Gasteiger partial charge in [-0.05, 0) is 44.9 Å². The number of carbonyl (C=O) groups is 2. The lowest BCUT2D eigenvalue weighted by Crippen LogP contribution is -2.69. The molecule has 21 heavy (non-hydrogen) atoms. The maximum atomic E-state index is 12.8. The highest BCUT2D eigenvalue weighted by Gasteiger charge is 2.50. The number of amides is 2. The molecule has 0 aromatic heterocycles. The van der Waals surface area contributed by atoms with Crippen LogP contribution in [0, 0.1) is 11.8 Å². The molecule has 0 radical (unpaired) electrons. The summed E-state index contributed by atoms with van der Waals surface area (Å²) in [5, 5.41) is 2.91. The summed E-state index contributed by atoms with van der Waals surface area (Å²) in [4.78, 5) is 27.1. The predicted octanol–water partition coefficient (Wildman–Crippen LogP) is 2.72. The van der Waals surface area contributed by atoms with Crippen LogP contribution in [0.25, 0.3) is 0 Å². The molecule has 0 spiro atoms. The molecule has 1 saturated heterocycles. The molecule has 1 heterocycles. The number of unbranched alkanes of at least 4 members (excludes halogenated alkanes) is 1. The van der Waals surface area contributed by atoms with Gasteiger partial charge in [0.25, 0.3) is 0 Å². The fourth-order valence-corrected chi connectivity index (χ4v) is 3.33. The Labute approximate surface area is 128 Å². The zero-order chi connectivity index (χ0) is 15.6. The van der Waals surface area contributed by atoms with Crippen molar-refractivity contribution in [1.29, 1.82) is 0 Å². The molecular formula is C17H30N2O2. The van der Waals surface area contributed by atoms with Gasteiger partial charge in [0.05, 0.1) is 0 Å². The first-order valence-corrected chi connectivity index (χ1v) is 8.53. The van der Waals surface area contributed by atoms with Crippen LogP contribution in [-0.2, 0) is 9.59 Å². The first-order chi connectivity index (χ1) is 9.90. The molecule has 4 nitrogen and oxygen atoms in total. The molecule has 120 valence electrons. The second-order valence-electron chi connectivity index (χ2n) is 7.27. The normalized spacial score (nSPS) is 26.7. The quantitative estimate of drug-likeness (QED) is 0.785. The van der Waals surface area contributed by atoms with Crippen molar-refractivity contribution in [2.24, 2.45) is 11.8 Å². The van der Waals surface area contributed by atoms with E-state index >= 15 is 0 Å². The second-order valence-corrected chi connectivity index (χ2v) is 7.27. The molecule has 0 aromatic rings. The van der Waals surface area contributed by atoms with Crippen molar-refractivity contribution in [3.05, 3.63) is 0 Å². The molecule has 2 amide bonds. The van der Waals surface area contributed by atoms with E-state index in [1.807, 2.05) is 18.7 Å².